The number of carbonyl (C=O) groups is 1. The Bertz CT molecular complexity index is 635. The van der Waals surface area contributed by atoms with Crippen LogP contribution in [0.2, 0.25) is 0 Å². The molecule has 10 heteroatoms. The number of quaternary nitrogens is 1. The maximum Gasteiger partial charge on any atom is 0.472 e. The Morgan fingerprint density at radius 2 is 1.60 bits per heavy atom. The minimum absolute atomic E-state index is 0. The highest BCUT2D eigenvalue weighted by atomic mass is 31.2. The molecule has 174 valence electrons. The zero-order valence-electron chi connectivity index (χ0n) is 18.1. The van der Waals surface area contributed by atoms with Crippen molar-refractivity contribution in [1.82, 2.24) is 0 Å². The Morgan fingerprint density at radius 1 is 1.03 bits per heavy atom. The Hall–Kier alpha value is -1.48. The van der Waals surface area contributed by atoms with E-state index in [2.05, 4.69) is 0 Å². The minimum Gasteiger partial charge on any atom is -0.870 e. The Kier molecular flexibility index (Phi) is 13.8. The quantitative estimate of drug-likeness (QED) is 0.223. The van der Waals surface area contributed by atoms with E-state index in [1.54, 1.807) is 0 Å². The number of para-hydroxylation sites is 1. The van der Waals surface area contributed by atoms with Gasteiger partial charge in [0.25, 0.3) is 0 Å². The minimum atomic E-state index is -4.28. The molecule has 1 aromatic rings. The summed E-state index contributed by atoms with van der Waals surface area (Å²) in [5.74, 6) is -0.217. The summed E-state index contributed by atoms with van der Waals surface area (Å²) in [6.07, 6.45) is 3.17. The highest BCUT2D eigenvalue weighted by Crippen LogP contribution is 2.45. The zero-order valence-corrected chi connectivity index (χ0v) is 19.0. The first kappa shape index (κ1) is 28.5. The van der Waals surface area contributed by atoms with E-state index in [9.17, 15) is 14.3 Å². The molecule has 1 rings (SSSR count). The van der Waals surface area contributed by atoms with Gasteiger partial charge in [0.15, 0.2) is 0 Å². The standard InChI is InChI=1S/C20H34NO7P.H2O/c1-21(2,3)17-19(16-20(22)23)28-29(24,25)27-15-11-6-4-5-10-14-26-18-12-8-7-9-13-18;/h7-9,12-13,19H,4-6,10-11,14-17H2,1-3H3,(H-,22,23,24,25);1H2. The predicted octanol–water partition coefficient (Wildman–Crippen LogP) is 3.52. The van der Waals surface area contributed by atoms with Gasteiger partial charge < -0.3 is 24.7 Å². The van der Waals surface area contributed by atoms with Gasteiger partial charge in [-0.25, -0.2) is 4.57 Å². The smallest absolute Gasteiger partial charge is 0.472 e. The molecule has 0 amide bonds. The molecule has 9 nitrogen and oxygen atoms in total. The monoisotopic (exact) mass is 449 g/mol. The van der Waals surface area contributed by atoms with Crippen LogP contribution in [0.15, 0.2) is 30.3 Å². The number of carboxylic acid groups (broad SMARTS) is 1. The van der Waals surface area contributed by atoms with Crippen molar-refractivity contribution in [2.24, 2.45) is 0 Å². The molecular formula is C20H36NO8P. The van der Waals surface area contributed by atoms with E-state index < -0.39 is 19.9 Å². The third-order valence-electron chi connectivity index (χ3n) is 3.99. The summed E-state index contributed by atoms with van der Waals surface area (Å²) in [7, 11) is 1.28. The van der Waals surface area contributed by atoms with E-state index in [1.807, 2.05) is 51.5 Å². The van der Waals surface area contributed by atoms with Gasteiger partial charge in [-0.3, -0.25) is 13.8 Å². The molecule has 0 aliphatic rings. The lowest BCUT2D eigenvalue weighted by Crippen LogP contribution is -2.42. The second-order valence-electron chi connectivity index (χ2n) is 8.03. The Morgan fingerprint density at radius 3 is 2.17 bits per heavy atom. The van der Waals surface area contributed by atoms with Crippen LogP contribution in [-0.4, -0.2) is 72.9 Å². The second-order valence-corrected chi connectivity index (χ2v) is 9.44. The van der Waals surface area contributed by atoms with Crippen LogP contribution in [0, 0.1) is 0 Å². The van der Waals surface area contributed by atoms with Crippen LogP contribution in [0.1, 0.15) is 38.5 Å². The predicted molar refractivity (Wildman–Crippen MR) is 113 cm³/mol. The molecule has 3 N–H and O–H groups in total. The van der Waals surface area contributed by atoms with Gasteiger partial charge in [-0.05, 0) is 25.0 Å². The fourth-order valence-corrected chi connectivity index (χ4v) is 3.72. The van der Waals surface area contributed by atoms with Crippen LogP contribution in [0.4, 0.5) is 0 Å². The number of carboxylic acids is 1. The molecule has 2 unspecified atom stereocenters. The van der Waals surface area contributed by atoms with Gasteiger partial charge in [-0.15, -0.1) is 0 Å². The third kappa shape index (κ3) is 15.4. The van der Waals surface area contributed by atoms with E-state index >= 15 is 0 Å². The maximum absolute atomic E-state index is 12.1. The largest absolute Gasteiger partial charge is 0.870 e. The fraction of sp³-hybridized carbons (Fsp3) is 0.650. The molecule has 0 saturated heterocycles. The van der Waals surface area contributed by atoms with Gasteiger partial charge in [0, 0.05) is 0 Å². The van der Waals surface area contributed by atoms with Crippen molar-refractivity contribution in [2.45, 2.75) is 44.6 Å². The lowest BCUT2D eigenvalue weighted by Gasteiger charge is -2.29. The van der Waals surface area contributed by atoms with Crippen molar-refractivity contribution in [1.29, 1.82) is 0 Å². The number of benzene rings is 1. The first-order chi connectivity index (χ1) is 13.6. The molecule has 1 aromatic carbocycles. The van der Waals surface area contributed by atoms with Crippen LogP contribution in [-0.2, 0) is 18.4 Å². The molecule has 0 radical (unpaired) electrons. The van der Waals surface area contributed by atoms with Gasteiger partial charge in [-0.2, -0.15) is 0 Å². The summed E-state index contributed by atoms with van der Waals surface area (Å²) < 4.78 is 28.2. The number of hydrogen-bond acceptors (Lipinski definition) is 6. The number of unbranched alkanes of at least 4 members (excludes halogenated alkanes) is 4. The molecule has 0 heterocycles. The molecule has 2 atom stereocenters. The fourth-order valence-electron chi connectivity index (χ4n) is 2.78. The molecular weight excluding hydrogens is 413 g/mol. The topological polar surface area (TPSA) is 132 Å². The Labute approximate surface area is 179 Å². The first-order valence-electron chi connectivity index (χ1n) is 9.93. The van der Waals surface area contributed by atoms with Gasteiger partial charge in [0.2, 0.25) is 0 Å². The number of aliphatic carboxylic acids is 1. The number of rotatable bonds is 16. The SMILES string of the molecule is C[N+](C)(C)CC(CC(=O)O)OP(=O)(O)OCCCCCCCOc1ccccc1.[OH-]. The molecule has 30 heavy (non-hydrogen) atoms. The highest BCUT2D eigenvalue weighted by Gasteiger charge is 2.31. The third-order valence-corrected chi connectivity index (χ3v) is 5.06. The van der Waals surface area contributed by atoms with Crippen LogP contribution >= 0.6 is 7.82 Å². The molecule has 0 bridgehead atoms. The van der Waals surface area contributed by atoms with Crippen molar-refractivity contribution in [3.05, 3.63) is 30.3 Å². The van der Waals surface area contributed by atoms with Gasteiger partial charge in [-0.1, -0.05) is 37.5 Å². The molecule has 0 fully saturated rings. The van der Waals surface area contributed by atoms with Crippen molar-refractivity contribution in [3.8, 4) is 5.75 Å². The molecule has 0 aromatic heterocycles. The van der Waals surface area contributed by atoms with Crippen LogP contribution in [0.3, 0.4) is 0 Å². The van der Waals surface area contributed by atoms with Crippen LogP contribution < -0.4 is 4.74 Å². The summed E-state index contributed by atoms with van der Waals surface area (Å²) in [6, 6.07) is 9.67. The van der Waals surface area contributed by atoms with E-state index in [0.29, 0.717) is 17.5 Å². The van der Waals surface area contributed by atoms with E-state index in [0.717, 1.165) is 31.4 Å². The molecule has 0 spiro atoms. The molecule has 0 saturated carbocycles. The number of phosphoric acid groups is 1. The van der Waals surface area contributed by atoms with Crippen molar-refractivity contribution in [3.63, 3.8) is 0 Å². The number of phosphoric ester groups is 1. The highest BCUT2D eigenvalue weighted by molar-refractivity contribution is 7.47. The van der Waals surface area contributed by atoms with E-state index in [4.69, 9.17) is 18.9 Å². The van der Waals surface area contributed by atoms with Crippen LogP contribution in [0.5, 0.6) is 5.75 Å². The summed E-state index contributed by atoms with van der Waals surface area (Å²) in [4.78, 5) is 20.8. The lowest BCUT2D eigenvalue weighted by atomic mass is 10.1. The van der Waals surface area contributed by atoms with Crippen molar-refractivity contribution < 1.29 is 43.1 Å². The second kappa shape index (κ2) is 14.5. The summed E-state index contributed by atoms with van der Waals surface area (Å²) in [6.45, 7) is 1.04. The van der Waals surface area contributed by atoms with Gasteiger partial charge in [0.1, 0.15) is 18.4 Å². The van der Waals surface area contributed by atoms with Crippen molar-refractivity contribution in [2.75, 3.05) is 40.9 Å². The van der Waals surface area contributed by atoms with Gasteiger partial charge >= 0.3 is 13.8 Å². The molecule has 0 aliphatic heterocycles. The first-order valence-corrected chi connectivity index (χ1v) is 11.4. The average molecular weight is 449 g/mol. The Balaban J connectivity index is 0.00000841. The lowest BCUT2D eigenvalue weighted by molar-refractivity contribution is -0.873. The van der Waals surface area contributed by atoms with Crippen LogP contribution in [0.25, 0.3) is 0 Å². The van der Waals surface area contributed by atoms with Crippen molar-refractivity contribution >= 4 is 13.8 Å². The zero-order chi connectivity index (χ0) is 21.8. The number of nitrogens with zero attached hydrogens (tertiary/aromatic N) is 1. The van der Waals surface area contributed by atoms with Gasteiger partial charge in [0.05, 0.1) is 40.8 Å². The average Bonchev–Trinajstić information content (AvgIpc) is 2.58. The summed E-state index contributed by atoms with van der Waals surface area (Å²) in [5.41, 5.74) is 0. The van der Waals surface area contributed by atoms with E-state index in [1.165, 1.54) is 0 Å². The summed E-state index contributed by atoms with van der Waals surface area (Å²) >= 11 is 0. The number of likely N-dealkylation sites (N-methyl/N-ethyl adjacent to an activating group) is 1. The normalized spacial score (nSPS) is 14.4. The summed E-state index contributed by atoms with van der Waals surface area (Å²) in [5, 5.41) is 8.97. The maximum atomic E-state index is 12.1. The number of ether oxygens (including phenoxy) is 1. The van der Waals surface area contributed by atoms with E-state index in [-0.39, 0.29) is 25.0 Å². The molecule has 0 aliphatic carbocycles. The number of hydrogen-bond donors (Lipinski definition) is 2.